The first kappa shape index (κ1) is 27.9. The number of rotatable bonds is 6. The van der Waals surface area contributed by atoms with Gasteiger partial charge in [0.05, 0.1) is 10.5 Å². The Bertz CT molecular complexity index is 1650. The molecule has 0 radical (unpaired) electrons. The van der Waals surface area contributed by atoms with E-state index in [2.05, 4.69) is 28.1 Å². The van der Waals surface area contributed by atoms with Crippen LogP contribution < -0.4 is 5.73 Å². The number of carbonyl (C=O) groups excluding carboxylic acids is 1. The largest absolute Gasteiger partial charge is 0.456 e. The number of non-ortho nitro benzene ring substituents is 1. The van der Waals surface area contributed by atoms with Crippen molar-refractivity contribution in [3.63, 3.8) is 0 Å². The van der Waals surface area contributed by atoms with E-state index in [4.69, 9.17) is 14.9 Å². The van der Waals surface area contributed by atoms with E-state index in [1.165, 1.54) is 24.3 Å². The van der Waals surface area contributed by atoms with Gasteiger partial charge in [0.1, 0.15) is 17.4 Å². The molecule has 1 aliphatic rings. The van der Waals surface area contributed by atoms with E-state index in [0.29, 0.717) is 19.5 Å². The molecule has 1 fully saturated rings. The van der Waals surface area contributed by atoms with Gasteiger partial charge in [0.25, 0.3) is 5.69 Å². The molecule has 9 heteroatoms. The molecule has 2 N–H and O–H groups in total. The van der Waals surface area contributed by atoms with Gasteiger partial charge in [0.2, 0.25) is 0 Å². The summed E-state index contributed by atoms with van der Waals surface area (Å²) in [5, 5.41) is 14.0. The first-order valence-corrected chi connectivity index (χ1v) is 13.7. The standard InChI is InChI=1S/C30H26N4O5.C2H6/c31-26-11-12-33(18-29(26)39-30(35)20-7-9-23(10-8-20)34(36)37)17-19-5-6-22-15-32-16-25(24(22)13-19)28-14-21-3-1-2-4-27(21)38-28;1-2/h1-10,13-16,26,29H,11-12,17-18,31H2;1-2H3. The summed E-state index contributed by atoms with van der Waals surface area (Å²) in [5.41, 5.74) is 9.36. The molecular formula is C32H32N4O5. The molecule has 0 bridgehead atoms. The summed E-state index contributed by atoms with van der Waals surface area (Å²) in [7, 11) is 0. The van der Waals surface area contributed by atoms with Crippen LogP contribution in [0.1, 0.15) is 36.2 Å². The number of pyridine rings is 1. The first-order valence-electron chi connectivity index (χ1n) is 13.7. The van der Waals surface area contributed by atoms with Gasteiger partial charge in [-0.25, -0.2) is 4.79 Å². The second-order valence-corrected chi connectivity index (χ2v) is 9.83. The number of piperidine rings is 1. The summed E-state index contributed by atoms with van der Waals surface area (Å²) >= 11 is 0. The molecule has 41 heavy (non-hydrogen) atoms. The van der Waals surface area contributed by atoms with E-state index in [1.54, 1.807) is 0 Å². The number of hydrogen-bond donors (Lipinski definition) is 1. The summed E-state index contributed by atoms with van der Waals surface area (Å²) in [6.45, 7) is 5.93. The number of nitro groups is 1. The van der Waals surface area contributed by atoms with Crippen LogP contribution in [0.5, 0.6) is 0 Å². The minimum absolute atomic E-state index is 0.0817. The molecule has 1 saturated heterocycles. The Morgan fingerprint density at radius 2 is 1.85 bits per heavy atom. The van der Waals surface area contributed by atoms with Gasteiger partial charge in [-0.1, -0.05) is 44.2 Å². The molecule has 6 rings (SSSR count). The minimum atomic E-state index is -0.541. The normalized spacial score (nSPS) is 17.1. The Morgan fingerprint density at radius 3 is 2.61 bits per heavy atom. The van der Waals surface area contributed by atoms with Crippen LogP contribution in [0.4, 0.5) is 5.69 Å². The summed E-state index contributed by atoms with van der Waals surface area (Å²) < 4.78 is 11.9. The molecule has 0 saturated carbocycles. The van der Waals surface area contributed by atoms with Crippen molar-refractivity contribution in [3.05, 3.63) is 106 Å². The van der Waals surface area contributed by atoms with E-state index in [1.807, 2.05) is 56.6 Å². The molecule has 2 unspecified atom stereocenters. The number of hydrogen-bond acceptors (Lipinski definition) is 8. The zero-order chi connectivity index (χ0) is 28.9. The van der Waals surface area contributed by atoms with Gasteiger partial charge in [0, 0.05) is 66.5 Å². The van der Waals surface area contributed by atoms with E-state index in [-0.39, 0.29) is 17.3 Å². The van der Waals surface area contributed by atoms with Crippen molar-refractivity contribution < 1.29 is 18.9 Å². The van der Waals surface area contributed by atoms with Gasteiger partial charge < -0.3 is 14.9 Å². The first-order chi connectivity index (χ1) is 19.9. The number of nitro benzene ring substituents is 1. The topological polar surface area (TPSA) is 125 Å². The minimum Gasteiger partial charge on any atom is -0.456 e. The van der Waals surface area contributed by atoms with Gasteiger partial charge in [-0.05, 0) is 47.7 Å². The highest BCUT2D eigenvalue weighted by Gasteiger charge is 2.30. The molecule has 0 amide bonds. The van der Waals surface area contributed by atoms with Crippen molar-refractivity contribution in [3.8, 4) is 11.3 Å². The number of aromatic nitrogens is 1. The molecular weight excluding hydrogens is 520 g/mol. The number of ether oxygens (including phenoxy) is 1. The lowest BCUT2D eigenvalue weighted by atomic mass is 10.00. The number of esters is 1. The van der Waals surface area contributed by atoms with Crippen molar-refractivity contribution in [1.29, 1.82) is 0 Å². The van der Waals surface area contributed by atoms with E-state index < -0.39 is 17.0 Å². The fraction of sp³-hybridized carbons (Fsp3) is 0.250. The molecule has 1 aliphatic heterocycles. The van der Waals surface area contributed by atoms with Crippen molar-refractivity contribution in [2.45, 2.75) is 39.0 Å². The summed E-state index contributed by atoms with van der Waals surface area (Å²) in [5.74, 6) is 0.231. The van der Waals surface area contributed by atoms with Crippen LogP contribution in [0.3, 0.4) is 0 Å². The lowest BCUT2D eigenvalue weighted by molar-refractivity contribution is -0.384. The number of nitrogens with two attached hydrogens (primary N) is 1. The molecule has 0 aliphatic carbocycles. The maximum atomic E-state index is 12.7. The second kappa shape index (κ2) is 12.3. The molecule has 2 aromatic heterocycles. The molecule has 2 atom stereocenters. The highest BCUT2D eigenvalue weighted by molar-refractivity contribution is 5.97. The predicted molar refractivity (Wildman–Crippen MR) is 158 cm³/mol. The van der Waals surface area contributed by atoms with Crippen molar-refractivity contribution in [2.75, 3.05) is 13.1 Å². The molecule has 3 heterocycles. The van der Waals surface area contributed by atoms with E-state index in [9.17, 15) is 14.9 Å². The van der Waals surface area contributed by atoms with Gasteiger partial charge in [-0.2, -0.15) is 0 Å². The lowest BCUT2D eigenvalue weighted by Crippen LogP contribution is -2.52. The van der Waals surface area contributed by atoms with Crippen molar-refractivity contribution >= 4 is 33.4 Å². The Morgan fingerprint density at radius 1 is 1.07 bits per heavy atom. The second-order valence-electron chi connectivity index (χ2n) is 9.83. The average Bonchev–Trinajstić information content (AvgIpc) is 3.44. The van der Waals surface area contributed by atoms with Crippen LogP contribution in [0, 0.1) is 10.1 Å². The third-order valence-corrected chi connectivity index (χ3v) is 7.19. The SMILES string of the molecule is CC.NC1CCN(Cc2ccc3cncc(-c4cc5ccccc5o4)c3c2)CC1OC(=O)c1ccc([N+](=O)[O-])cc1. The maximum Gasteiger partial charge on any atom is 0.338 e. The molecule has 9 nitrogen and oxygen atoms in total. The van der Waals surface area contributed by atoms with Crippen molar-refractivity contribution in [2.24, 2.45) is 5.73 Å². The van der Waals surface area contributed by atoms with Gasteiger partial charge in [-0.15, -0.1) is 0 Å². The van der Waals surface area contributed by atoms with Crippen LogP contribution >= 0.6 is 0 Å². The lowest BCUT2D eigenvalue weighted by Gasteiger charge is -2.36. The Balaban J connectivity index is 0.00000165. The monoisotopic (exact) mass is 552 g/mol. The summed E-state index contributed by atoms with van der Waals surface area (Å²) in [6, 6.07) is 21.4. The summed E-state index contributed by atoms with van der Waals surface area (Å²) in [4.78, 5) is 29.7. The smallest absolute Gasteiger partial charge is 0.338 e. The number of para-hydroxylation sites is 1. The number of furan rings is 1. The van der Waals surface area contributed by atoms with Crippen LogP contribution in [0.2, 0.25) is 0 Å². The highest BCUT2D eigenvalue weighted by Crippen LogP contribution is 2.33. The van der Waals surface area contributed by atoms with Crippen LogP contribution in [0.15, 0.2) is 89.6 Å². The van der Waals surface area contributed by atoms with Crippen molar-refractivity contribution in [1.82, 2.24) is 9.88 Å². The average molecular weight is 553 g/mol. The fourth-order valence-electron chi connectivity index (χ4n) is 5.07. The number of nitrogens with zero attached hydrogens (tertiary/aromatic N) is 3. The van der Waals surface area contributed by atoms with Crippen LogP contribution in [-0.4, -0.2) is 46.0 Å². The Kier molecular flexibility index (Phi) is 8.37. The third kappa shape index (κ3) is 6.11. The number of benzene rings is 3. The van der Waals surface area contributed by atoms with Gasteiger partial charge >= 0.3 is 5.97 Å². The maximum absolute atomic E-state index is 12.7. The zero-order valence-corrected chi connectivity index (χ0v) is 23.0. The number of likely N-dealkylation sites (tertiary alicyclic amines) is 1. The Hall–Kier alpha value is -4.60. The highest BCUT2D eigenvalue weighted by atomic mass is 16.6. The van der Waals surface area contributed by atoms with E-state index >= 15 is 0 Å². The molecule has 5 aromatic rings. The third-order valence-electron chi connectivity index (χ3n) is 7.19. The van der Waals surface area contributed by atoms with E-state index in [0.717, 1.165) is 45.2 Å². The Labute approximate surface area is 237 Å². The molecule has 210 valence electrons. The quantitative estimate of drug-likeness (QED) is 0.147. The van der Waals surface area contributed by atoms with Gasteiger partial charge in [0.15, 0.2) is 0 Å². The predicted octanol–water partition coefficient (Wildman–Crippen LogP) is 6.34. The number of fused-ring (bicyclic) bond motifs is 2. The van der Waals surface area contributed by atoms with Gasteiger partial charge in [-0.3, -0.25) is 20.0 Å². The van der Waals surface area contributed by atoms with Crippen LogP contribution in [-0.2, 0) is 11.3 Å². The zero-order valence-electron chi connectivity index (χ0n) is 23.0. The number of carbonyl (C=O) groups is 1. The molecule has 3 aromatic carbocycles. The van der Waals surface area contributed by atoms with Crippen LogP contribution in [0.25, 0.3) is 33.1 Å². The summed E-state index contributed by atoms with van der Waals surface area (Å²) in [6.07, 6.45) is 3.87. The molecule has 0 spiro atoms. The fourth-order valence-corrected chi connectivity index (χ4v) is 5.07.